The summed E-state index contributed by atoms with van der Waals surface area (Å²) in [5.41, 5.74) is 2.08. The second-order valence-corrected chi connectivity index (χ2v) is 7.08. The third kappa shape index (κ3) is 4.48. The summed E-state index contributed by atoms with van der Waals surface area (Å²) in [6.07, 6.45) is 10.9. The molecule has 3 nitrogen and oxygen atoms in total. The third-order valence-electron chi connectivity index (χ3n) is 4.22. The van der Waals surface area contributed by atoms with Gasteiger partial charge in [0, 0.05) is 11.4 Å². The lowest BCUT2D eigenvalue weighted by molar-refractivity contribution is 0.0526. The van der Waals surface area contributed by atoms with Crippen molar-refractivity contribution in [3.63, 3.8) is 0 Å². The third-order valence-corrected chi connectivity index (χ3v) is 5.47. The van der Waals surface area contributed by atoms with Crippen molar-refractivity contribution in [2.75, 3.05) is 18.5 Å². The van der Waals surface area contributed by atoms with Crippen LogP contribution in [0.25, 0.3) is 0 Å². The molecule has 1 N–H and O–H groups in total. The summed E-state index contributed by atoms with van der Waals surface area (Å²) in [5, 5.41) is 4.55. The summed E-state index contributed by atoms with van der Waals surface area (Å²) in [6.45, 7) is 5.51. The van der Waals surface area contributed by atoms with E-state index < -0.39 is 0 Å². The Morgan fingerprint density at radius 3 is 2.68 bits per heavy atom. The molecule has 0 atom stereocenters. The van der Waals surface area contributed by atoms with Gasteiger partial charge in [0.25, 0.3) is 0 Å². The average molecular weight is 324 g/mol. The Balaban J connectivity index is 1.99. The number of carbonyl (C=O) groups excluding carboxylic acids is 1. The second kappa shape index (κ2) is 9.19. The maximum absolute atomic E-state index is 12.3. The predicted octanol–water partition coefficient (Wildman–Crippen LogP) is 5.19. The molecule has 1 aromatic rings. The Labute approximate surface area is 138 Å². The van der Waals surface area contributed by atoms with Gasteiger partial charge in [-0.15, -0.1) is 11.3 Å². The highest BCUT2D eigenvalue weighted by atomic mass is 32.1. The molecule has 0 spiro atoms. The van der Waals surface area contributed by atoms with E-state index in [0.717, 1.165) is 30.0 Å². The topological polar surface area (TPSA) is 38.3 Å². The lowest BCUT2D eigenvalue weighted by Crippen LogP contribution is -2.12. The van der Waals surface area contributed by atoms with Crippen molar-refractivity contribution in [1.29, 1.82) is 0 Å². The number of aryl methyl sites for hydroxylation is 1. The number of hydrogen-bond acceptors (Lipinski definition) is 4. The van der Waals surface area contributed by atoms with Gasteiger partial charge in [0.2, 0.25) is 0 Å². The second-order valence-electron chi connectivity index (χ2n) is 5.98. The minimum atomic E-state index is -0.143. The van der Waals surface area contributed by atoms with Crippen LogP contribution in [0.4, 0.5) is 5.00 Å². The van der Waals surface area contributed by atoms with E-state index in [-0.39, 0.29) is 5.97 Å². The average Bonchev–Trinajstić information content (AvgIpc) is 2.89. The molecular formula is C18H29NO2S. The molecule has 1 heterocycles. The van der Waals surface area contributed by atoms with Gasteiger partial charge in [0.1, 0.15) is 5.00 Å². The van der Waals surface area contributed by atoms with Crippen molar-refractivity contribution < 1.29 is 9.53 Å². The first-order chi connectivity index (χ1) is 10.8. The summed E-state index contributed by atoms with van der Waals surface area (Å²) in [6, 6.07) is 0. The maximum Gasteiger partial charge on any atom is 0.341 e. The molecule has 0 radical (unpaired) electrons. The van der Waals surface area contributed by atoms with E-state index in [1.54, 1.807) is 11.3 Å². The zero-order valence-electron chi connectivity index (χ0n) is 14.0. The molecule has 0 amide bonds. The minimum Gasteiger partial charge on any atom is -0.462 e. The SMILES string of the molecule is CCCCCCCNc1sc2c(c1C(=O)OCC)CCCC2. The van der Waals surface area contributed by atoms with E-state index in [1.807, 2.05) is 6.92 Å². The predicted molar refractivity (Wildman–Crippen MR) is 94.2 cm³/mol. The number of carbonyl (C=O) groups is 1. The number of unbranched alkanes of at least 4 members (excludes halogenated alkanes) is 4. The zero-order valence-corrected chi connectivity index (χ0v) is 14.8. The van der Waals surface area contributed by atoms with Gasteiger partial charge in [-0.2, -0.15) is 0 Å². The summed E-state index contributed by atoms with van der Waals surface area (Å²) in [5.74, 6) is -0.143. The van der Waals surface area contributed by atoms with Crippen molar-refractivity contribution in [3.05, 3.63) is 16.0 Å². The molecule has 0 aliphatic heterocycles. The maximum atomic E-state index is 12.3. The van der Waals surface area contributed by atoms with E-state index >= 15 is 0 Å². The highest BCUT2D eigenvalue weighted by Gasteiger charge is 2.25. The van der Waals surface area contributed by atoms with Crippen LogP contribution in [0.2, 0.25) is 0 Å². The Hall–Kier alpha value is -1.03. The first kappa shape index (κ1) is 17.3. The standard InChI is InChI=1S/C18H29NO2S/c1-3-5-6-7-10-13-19-17-16(18(20)21-4-2)14-11-8-9-12-15(14)22-17/h19H,3-13H2,1-2H3. The first-order valence-electron chi connectivity index (χ1n) is 8.83. The van der Waals surface area contributed by atoms with Crippen molar-refractivity contribution in [2.24, 2.45) is 0 Å². The van der Waals surface area contributed by atoms with Crippen LogP contribution in [-0.2, 0) is 17.6 Å². The van der Waals surface area contributed by atoms with Gasteiger partial charge in [0.15, 0.2) is 0 Å². The number of ether oxygens (including phenoxy) is 1. The quantitative estimate of drug-likeness (QED) is 0.502. The fraction of sp³-hybridized carbons (Fsp3) is 0.722. The highest BCUT2D eigenvalue weighted by molar-refractivity contribution is 7.16. The lowest BCUT2D eigenvalue weighted by atomic mass is 9.95. The molecule has 0 unspecified atom stereocenters. The molecule has 0 saturated heterocycles. The first-order valence-corrected chi connectivity index (χ1v) is 9.65. The van der Waals surface area contributed by atoms with Crippen LogP contribution in [0, 0.1) is 0 Å². The highest BCUT2D eigenvalue weighted by Crippen LogP contribution is 2.38. The summed E-state index contributed by atoms with van der Waals surface area (Å²) >= 11 is 1.77. The molecule has 124 valence electrons. The summed E-state index contributed by atoms with van der Waals surface area (Å²) in [4.78, 5) is 13.7. The van der Waals surface area contributed by atoms with E-state index in [9.17, 15) is 4.79 Å². The van der Waals surface area contributed by atoms with Crippen LogP contribution >= 0.6 is 11.3 Å². The molecule has 1 aliphatic carbocycles. The number of nitrogens with one attached hydrogen (secondary N) is 1. The van der Waals surface area contributed by atoms with Crippen LogP contribution in [0.3, 0.4) is 0 Å². The normalized spacial score (nSPS) is 13.7. The van der Waals surface area contributed by atoms with Crippen LogP contribution in [0.1, 0.15) is 79.6 Å². The number of rotatable bonds is 9. The van der Waals surface area contributed by atoms with E-state index in [4.69, 9.17) is 4.74 Å². The molecule has 0 bridgehead atoms. The fourth-order valence-electron chi connectivity index (χ4n) is 3.04. The number of hydrogen-bond donors (Lipinski definition) is 1. The Bertz CT molecular complexity index is 482. The van der Waals surface area contributed by atoms with Crippen LogP contribution in [0.15, 0.2) is 0 Å². The molecule has 1 aromatic heterocycles. The summed E-state index contributed by atoms with van der Waals surface area (Å²) < 4.78 is 5.28. The van der Waals surface area contributed by atoms with E-state index in [1.165, 1.54) is 55.4 Å². The fourth-order valence-corrected chi connectivity index (χ4v) is 4.34. The number of thiophene rings is 1. The Morgan fingerprint density at radius 1 is 1.14 bits per heavy atom. The van der Waals surface area contributed by atoms with E-state index in [0.29, 0.717) is 6.61 Å². The molecular weight excluding hydrogens is 294 g/mol. The molecule has 4 heteroatoms. The monoisotopic (exact) mass is 323 g/mol. The molecule has 0 saturated carbocycles. The molecule has 0 fully saturated rings. The van der Waals surface area contributed by atoms with Gasteiger partial charge < -0.3 is 10.1 Å². The molecule has 22 heavy (non-hydrogen) atoms. The van der Waals surface area contributed by atoms with Gasteiger partial charge >= 0.3 is 5.97 Å². The molecule has 0 aromatic carbocycles. The van der Waals surface area contributed by atoms with Crippen molar-refractivity contribution in [3.8, 4) is 0 Å². The van der Waals surface area contributed by atoms with Gasteiger partial charge in [-0.05, 0) is 44.6 Å². The Kier molecular flexibility index (Phi) is 7.23. The van der Waals surface area contributed by atoms with Crippen LogP contribution in [-0.4, -0.2) is 19.1 Å². The van der Waals surface area contributed by atoms with Gasteiger partial charge in [-0.25, -0.2) is 4.79 Å². The van der Waals surface area contributed by atoms with Crippen molar-refractivity contribution >= 4 is 22.3 Å². The van der Waals surface area contributed by atoms with Gasteiger partial charge in [-0.1, -0.05) is 32.6 Å². The molecule has 1 aliphatic rings. The zero-order chi connectivity index (χ0) is 15.8. The smallest absolute Gasteiger partial charge is 0.341 e. The minimum absolute atomic E-state index is 0.143. The van der Waals surface area contributed by atoms with Gasteiger partial charge in [0.05, 0.1) is 12.2 Å². The lowest BCUT2D eigenvalue weighted by Gasteiger charge is -2.12. The number of anilines is 1. The van der Waals surface area contributed by atoms with Crippen LogP contribution < -0.4 is 5.32 Å². The van der Waals surface area contributed by atoms with Crippen molar-refractivity contribution in [2.45, 2.75) is 71.6 Å². The largest absolute Gasteiger partial charge is 0.462 e. The van der Waals surface area contributed by atoms with Crippen LogP contribution in [0.5, 0.6) is 0 Å². The Morgan fingerprint density at radius 2 is 1.91 bits per heavy atom. The number of esters is 1. The summed E-state index contributed by atoms with van der Waals surface area (Å²) in [7, 11) is 0. The van der Waals surface area contributed by atoms with Crippen molar-refractivity contribution in [1.82, 2.24) is 0 Å². The van der Waals surface area contributed by atoms with E-state index in [2.05, 4.69) is 12.2 Å². The number of fused-ring (bicyclic) bond motifs is 1. The molecule has 2 rings (SSSR count). The van der Waals surface area contributed by atoms with Gasteiger partial charge in [-0.3, -0.25) is 0 Å².